The molecule has 0 atom stereocenters. The predicted octanol–water partition coefficient (Wildman–Crippen LogP) is 0.722. The Morgan fingerprint density at radius 3 is 2.67 bits per heavy atom. The third-order valence-electron chi connectivity index (χ3n) is 2.26. The Balaban J connectivity index is 1.86. The lowest BCUT2D eigenvalue weighted by Crippen LogP contribution is -2.31. The first kappa shape index (κ1) is 7.73. The van der Waals surface area contributed by atoms with Gasteiger partial charge in [-0.1, -0.05) is 6.42 Å². The maximum Gasteiger partial charge on any atom is 0.137 e. The van der Waals surface area contributed by atoms with Crippen LogP contribution in [0.5, 0.6) is 0 Å². The van der Waals surface area contributed by atoms with Crippen LogP contribution in [0.2, 0.25) is 0 Å². The SMILES string of the molecule is c1ncn(CN2CCCCC2)n1. The van der Waals surface area contributed by atoms with Crippen molar-refractivity contribution in [3.8, 4) is 0 Å². The zero-order valence-electron chi connectivity index (χ0n) is 7.19. The minimum atomic E-state index is 0.903. The van der Waals surface area contributed by atoms with Crippen LogP contribution in [0.4, 0.5) is 0 Å². The Morgan fingerprint density at radius 2 is 2.00 bits per heavy atom. The molecule has 0 aromatic carbocycles. The topological polar surface area (TPSA) is 34.0 Å². The molecule has 0 radical (unpaired) electrons. The summed E-state index contributed by atoms with van der Waals surface area (Å²) in [6.45, 7) is 3.32. The summed E-state index contributed by atoms with van der Waals surface area (Å²) >= 11 is 0. The maximum absolute atomic E-state index is 4.07. The fraction of sp³-hybridized carbons (Fsp3) is 0.750. The number of rotatable bonds is 2. The maximum atomic E-state index is 4.07. The van der Waals surface area contributed by atoms with Gasteiger partial charge in [0, 0.05) is 0 Å². The molecule has 2 heterocycles. The highest BCUT2D eigenvalue weighted by Gasteiger charge is 2.09. The lowest BCUT2D eigenvalue weighted by Gasteiger charge is -2.25. The van der Waals surface area contributed by atoms with Crippen molar-refractivity contribution in [1.82, 2.24) is 19.7 Å². The summed E-state index contributed by atoms with van der Waals surface area (Å²) in [6.07, 6.45) is 7.40. The third-order valence-corrected chi connectivity index (χ3v) is 2.26. The summed E-state index contributed by atoms with van der Waals surface area (Å²) in [6, 6.07) is 0. The zero-order valence-corrected chi connectivity index (χ0v) is 7.19. The van der Waals surface area contributed by atoms with E-state index in [1.807, 2.05) is 4.68 Å². The molecule has 0 aliphatic carbocycles. The molecule has 1 aliphatic rings. The fourth-order valence-electron chi connectivity index (χ4n) is 1.61. The summed E-state index contributed by atoms with van der Waals surface area (Å²) in [5.74, 6) is 0. The first-order valence-corrected chi connectivity index (χ1v) is 4.50. The van der Waals surface area contributed by atoms with Crippen LogP contribution in [-0.2, 0) is 6.67 Å². The standard InChI is InChI=1S/C8H14N4/c1-2-4-11(5-3-1)8-12-7-9-6-10-12/h6-7H,1-5,8H2. The zero-order chi connectivity index (χ0) is 8.23. The average molecular weight is 166 g/mol. The van der Waals surface area contributed by atoms with Crippen LogP contribution in [0.3, 0.4) is 0 Å². The van der Waals surface area contributed by atoms with Crippen molar-refractivity contribution in [1.29, 1.82) is 0 Å². The number of aromatic nitrogens is 3. The normalized spacial score (nSPS) is 19.7. The van der Waals surface area contributed by atoms with Crippen molar-refractivity contribution in [3.05, 3.63) is 12.7 Å². The quantitative estimate of drug-likeness (QED) is 0.649. The molecule has 1 aliphatic heterocycles. The molecule has 1 aromatic heterocycles. The highest BCUT2D eigenvalue weighted by molar-refractivity contribution is 4.63. The molecule has 0 saturated carbocycles. The van der Waals surface area contributed by atoms with E-state index >= 15 is 0 Å². The van der Waals surface area contributed by atoms with E-state index in [0.29, 0.717) is 0 Å². The molecule has 0 spiro atoms. The van der Waals surface area contributed by atoms with Gasteiger partial charge < -0.3 is 0 Å². The molecular formula is C8H14N4. The second-order valence-electron chi connectivity index (χ2n) is 3.26. The molecule has 4 nitrogen and oxygen atoms in total. The van der Waals surface area contributed by atoms with Gasteiger partial charge in [-0.25, -0.2) is 9.67 Å². The van der Waals surface area contributed by atoms with E-state index in [1.165, 1.54) is 32.4 Å². The van der Waals surface area contributed by atoms with Crippen LogP contribution in [0.15, 0.2) is 12.7 Å². The van der Waals surface area contributed by atoms with Gasteiger partial charge in [-0.05, 0) is 25.9 Å². The molecule has 0 unspecified atom stereocenters. The first-order chi connectivity index (χ1) is 5.95. The van der Waals surface area contributed by atoms with Gasteiger partial charge in [0.2, 0.25) is 0 Å². The Labute approximate surface area is 72.2 Å². The molecule has 2 rings (SSSR count). The molecular weight excluding hydrogens is 152 g/mol. The lowest BCUT2D eigenvalue weighted by atomic mass is 10.1. The van der Waals surface area contributed by atoms with E-state index in [2.05, 4.69) is 15.0 Å². The van der Waals surface area contributed by atoms with Crippen LogP contribution in [0.1, 0.15) is 19.3 Å². The van der Waals surface area contributed by atoms with Crippen LogP contribution >= 0.6 is 0 Å². The van der Waals surface area contributed by atoms with E-state index < -0.39 is 0 Å². The van der Waals surface area contributed by atoms with Crippen molar-refractivity contribution < 1.29 is 0 Å². The van der Waals surface area contributed by atoms with E-state index in [0.717, 1.165) is 6.67 Å². The largest absolute Gasteiger partial charge is 0.284 e. The van der Waals surface area contributed by atoms with E-state index in [-0.39, 0.29) is 0 Å². The number of piperidine rings is 1. The van der Waals surface area contributed by atoms with Crippen molar-refractivity contribution in [3.63, 3.8) is 0 Å². The second-order valence-corrected chi connectivity index (χ2v) is 3.26. The monoisotopic (exact) mass is 166 g/mol. The summed E-state index contributed by atoms with van der Waals surface area (Å²) in [4.78, 5) is 6.33. The Morgan fingerprint density at radius 1 is 1.17 bits per heavy atom. The van der Waals surface area contributed by atoms with Crippen molar-refractivity contribution in [2.45, 2.75) is 25.9 Å². The van der Waals surface area contributed by atoms with Gasteiger partial charge in [-0.2, -0.15) is 5.10 Å². The van der Waals surface area contributed by atoms with Gasteiger partial charge in [-0.3, -0.25) is 4.90 Å². The van der Waals surface area contributed by atoms with E-state index in [1.54, 1.807) is 12.7 Å². The van der Waals surface area contributed by atoms with Crippen molar-refractivity contribution >= 4 is 0 Å². The second kappa shape index (κ2) is 3.67. The molecule has 12 heavy (non-hydrogen) atoms. The summed E-state index contributed by atoms with van der Waals surface area (Å²) in [7, 11) is 0. The lowest BCUT2D eigenvalue weighted by molar-refractivity contribution is 0.173. The molecule has 0 bridgehead atoms. The van der Waals surface area contributed by atoms with Gasteiger partial charge in [0.1, 0.15) is 12.7 Å². The van der Waals surface area contributed by atoms with Crippen LogP contribution in [0.25, 0.3) is 0 Å². The first-order valence-electron chi connectivity index (χ1n) is 4.50. The van der Waals surface area contributed by atoms with Gasteiger partial charge in [0.15, 0.2) is 0 Å². The van der Waals surface area contributed by atoms with Gasteiger partial charge >= 0.3 is 0 Å². The molecule has 1 saturated heterocycles. The number of likely N-dealkylation sites (tertiary alicyclic amines) is 1. The molecule has 0 N–H and O–H groups in total. The Kier molecular flexibility index (Phi) is 2.36. The fourth-order valence-corrected chi connectivity index (χ4v) is 1.61. The minimum absolute atomic E-state index is 0.903. The summed E-state index contributed by atoms with van der Waals surface area (Å²) < 4.78 is 1.88. The number of nitrogens with zero attached hydrogens (tertiary/aromatic N) is 4. The minimum Gasteiger partial charge on any atom is -0.284 e. The number of hydrogen-bond acceptors (Lipinski definition) is 3. The van der Waals surface area contributed by atoms with Crippen LogP contribution in [-0.4, -0.2) is 32.8 Å². The van der Waals surface area contributed by atoms with Crippen molar-refractivity contribution in [2.75, 3.05) is 13.1 Å². The van der Waals surface area contributed by atoms with Gasteiger partial charge in [0.25, 0.3) is 0 Å². The van der Waals surface area contributed by atoms with Gasteiger partial charge in [-0.15, -0.1) is 0 Å². The number of hydrogen-bond donors (Lipinski definition) is 0. The molecule has 0 amide bonds. The highest BCUT2D eigenvalue weighted by atomic mass is 15.4. The van der Waals surface area contributed by atoms with Crippen molar-refractivity contribution in [2.24, 2.45) is 0 Å². The smallest absolute Gasteiger partial charge is 0.137 e. The predicted molar refractivity (Wildman–Crippen MR) is 45.4 cm³/mol. The molecule has 66 valence electrons. The van der Waals surface area contributed by atoms with E-state index in [4.69, 9.17) is 0 Å². The Bertz CT molecular complexity index is 213. The summed E-state index contributed by atoms with van der Waals surface area (Å²) in [5, 5.41) is 4.07. The Hall–Kier alpha value is -0.900. The third kappa shape index (κ3) is 1.82. The molecule has 1 aromatic rings. The average Bonchev–Trinajstić information content (AvgIpc) is 2.59. The van der Waals surface area contributed by atoms with Crippen LogP contribution < -0.4 is 0 Å². The molecule has 1 fully saturated rings. The van der Waals surface area contributed by atoms with E-state index in [9.17, 15) is 0 Å². The van der Waals surface area contributed by atoms with Crippen LogP contribution in [0, 0.1) is 0 Å². The highest BCUT2D eigenvalue weighted by Crippen LogP contribution is 2.08. The summed E-state index contributed by atoms with van der Waals surface area (Å²) in [5.41, 5.74) is 0. The van der Waals surface area contributed by atoms with Gasteiger partial charge in [0.05, 0.1) is 6.67 Å². The molecule has 4 heteroatoms.